The third-order valence-electron chi connectivity index (χ3n) is 4.54. The number of nitrogens with zero attached hydrogens (tertiary/aromatic N) is 1. The van der Waals surface area contributed by atoms with Crippen LogP contribution in [0.4, 0.5) is 0 Å². The van der Waals surface area contributed by atoms with E-state index in [9.17, 15) is 9.59 Å². The van der Waals surface area contributed by atoms with Gasteiger partial charge in [0.25, 0.3) is 0 Å². The molecule has 0 spiro atoms. The molecule has 3 rings (SSSR count). The highest BCUT2D eigenvalue weighted by atomic mass is 35.5. The summed E-state index contributed by atoms with van der Waals surface area (Å²) < 4.78 is 10.5. The number of hydrogen-bond acceptors (Lipinski definition) is 6. The summed E-state index contributed by atoms with van der Waals surface area (Å²) >= 11 is 7.69. The Labute approximate surface area is 190 Å². The molecule has 0 aliphatic heterocycles. The summed E-state index contributed by atoms with van der Waals surface area (Å²) in [5, 5.41) is 5.95. The number of ether oxygens (including phenoxy) is 2. The molecule has 162 valence electrons. The normalized spacial score (nSPS) is 11.6. The summed E-state index contributed by atoms with van der Waals surface area (Å²) in [6.07, 6.45) is 0.0713. The number of benzene rings is 2. The van der Waals surface area contributed by atoms with Crippen LogP contribution in [0.15, 0.2) is 53.9 Å². The van der Waals surface area contributed by atoms with Gasteiger partial charge in [-0.25, -0.2) is 4.98 Å². The maximum Gasteiger partial charge on any atom is 0.307 e. The minimum Gasteiger partial charge on any atom is -0.486 e. The molecule has 6 nitrogen and oxygen atoms in total. The fraction of sp³-hybridized carbons (Fsp3) is 0.261. The van der Waals surface area contributed by atoms with E-state index in [1.807, 2.05) is 36.6 Å². The van der Waals surface area contributed by atoms with Crippen LogP contribution in [0.5, 0.6) is 5.75 Å². The average Bonchev–Trinajstić information content (AvgIpc) is 3.20. The summed E-state index contributed by atoms with van der Waals surface area (Å²) in [5.74, 6) is 0.0741. The minimum absolute atomic E-state index is 0.0152. The number of esters is 1. The Morgan fingerprint density at radius 1 is 1.16 bits per heavy atom. The Hall–Kier alpha value is -2.90. The molecule has 0 saturated heterocycles. The lowest BCUT2D eigenvalue weighted by Gasteiger charge is -2.19. The van der Waals surface area contributed by atoms with Crippen molar-refractivity contribution in [1.29, 1.82) is 0 Å². The molecule has 1 aromatic heterocycles. The van der Waals surface area contributed by atoms with E-state index in [2.05, 4.69) is 10.3 Å². The van der Waals surface area contributed by atoms with Gasteiger partial charge in [-0.3, -0.25) is 9.59 Å². The zero-order valence-corrected chi connectivity index (χ0v) is 18.8. The van der Waals surface area contributed by atoms with Crippen LogP contribution < -0.4 is 10.1 Å². The molecule has 0 fully saturated rings. The summed E-state index contributed by atoms with van der Waals surface area (Å²) in [5.41, 5.74) is 2.46. The first-order valence-corrected chi connectivity index (χ1v) is 10.9. The van der Waals surface area contributed by atoms with Crippen molar-refractivity contribution >= 4 is 34.8 Å². The van der Waals surface area contributed by atoms with Crippen LogP contribution in [-0.2, 0) is 27.4 Å². The molecule has 8 heteroatoms. The van der Waals surface area contributed by atoms with E-state index in [1.165, 1.54) is 18.4 Å². The summed E-state index contributed by atoms with van der Waals surface area (Å²) in [4.78, 5) is 28.9. The molecule has 0 aliphatic rings. The van der Waals surface area contributed by atoms with E-state index in [0.29, 0.717) is 22.9 Å². The Kier molecular flexibility index (Phi) is 8.03. The summed E-state index contributed by atoms with van der Waals surface area (Å²) in [6, 6.07) is 14.3. The first-order chi connectivity index (χ1) is 14.9. The third kappa shape index (κ3) is 6.80. The highest BCUT2D eigenvalue weighted by Crippen LogP contribution is 2.25. The van der Waals surface area contributed by atoms with Gasteiger partial charge in [0.05, 0.1) is 31.7 Å². The van der Waals surface area contributed by atoms with E-state index >= 15 is 0 Å². The van der Waals surface area contributed by atoms with Gasteiger partial charge in [0.15, 0.2) is 0 Å². The van der Waals surface area contributed by atoms with Gasteiger partial charge < -0.3 is 14.8 Å². The topological polar surface area (TPSA) is 77.5 Å². The maximum atomic E-state index is 12.6. The predicted molar refractivity (Wildman–Crippen MR) is 120 cm³/mol. The number of aromatic nitrogens is 1. The molecule has 1 atom stereocenters. The molecular formula is C23H23ClN2O4S. The molecule has 31 heavy (non-hydrogen) atoms. The van der Waals surface area contributed by atoms with Gasteiger partial charge in [-0.1, -0.05) is 47.5 Å². The second-order valence-electron chi connectivity index (χ2n) is 6.93. The standard InChI is InChI=1S/C23H23ClN2O4S/c1-15-7-9-17(10-8-15)30-13-22-25-16(14-31-22)11-21(27)26-20(12-23(28)29-2)18-5-3-4-6-19(18)24/h3-10,14,20H,11-13H2,1-2H3,(H,26,27). The molecule has 1 heterocycles. The monoisotopic (exact) mass is 458 g/mol. The smallest absolute Gasteiger partial charge is 0.307 e. The highest BCUT2D eigenvalue weighted by molar-refractivity contribution is 7.09. The van der Waals surface area contributed by atoms with Gasteiger partial charge in [0.1, 0.15) is 17.4 Å². The van der Waals surface area contributed by atoms with Crippen LogP contribution in [-0.4, -0.2) is 24.0 Å². The lowest BCUT2D eigenvalue weighted by Crippen LogP contribution is -2.32. The van der Waals surface area contributed by atoms with E-state index in [-0.39, 0.29) is 18.7 Å². The number of halogens is 1. The lowest BCUT2D eigenvalue weighted by molar-refractivity contribution is -0.141. The van der Waals surface area contributed by atoms with Crippen LogP contribution >= 0.6 is 22.9 Å². The first-order valence-electron chi connectivity index (χ1n) is 9.68. The zero-order valence-electron chi connectivity index (χ0n) is 17.3. The highest BCUT2D eigenvalue weighted by Gasteiger charge is 2.21. The molecule has 1 N–H and O–H groups in total. The summed E-state index contributed by atoms with van der Waals surface area (Å²) in [6.45, 7) is 2.35. The van der Waals surface area contributed by atoms with E-state index in [1.54, 1.807) is 24.3 Å². The third-order valence-corrected chi connectivity index (χ3v) is 5.75. The molecular weight excluding hydrogens is 436 g/mol. The van der Waals surface area contributed by atoms with Gasteiger partial charge in [0.2, 0.25) is 5.91 Å². The minimum atomic E-state index is -0.586. The van der Waals surface area contributed by atoms with Crippen molar-refractivity contribution in [3.05, 3.63) is 80.8 Å². The van der Waals surface area contributed by atoms with Gasteiger partial charge >= 0.3 is 5.97 Å². The maximum absolute atomic E-state index is 12.6. The van der Waals surface area contributed by atoms with E-state index < -0.39 is 12.0 Å². The first kappa shape index (κ1) is 22.8. The number of carbonyl (C=O) groups is 2. The van der Waals surface area contributed by atoms with Gasteiger partial charge in [-0.05, 0) is 30.7 Å². The van der Waals surface area contributed by atoms with Crippen molar-refractivity contribution in [3.8, 4) is 5.75 Å². The van der Waals surface area contributed by atoms with Crippen molar-refractivity contribution in [2.45, 2.75) is 32.4 Å². The van der Waals surface area contributed by atoms with E-state index in [4.69, 9.17) is 21.1 Å². The van der Waals surface area contributed by atoms with Crippen molar-refractivity contribution in [2.24, 2.45) is 0 Å². The van der Waals surface area contributed by atoms with Crippen molar-refractivity contribution in [1.82, 2.24) is 10.3 Å². The van der Waals surface area contributed by atoms with Gasteiger partial charge in [0, 0.05) is 10.4 Å². The van der Waals surface area contributed by atoms with Crippen LogP contribution in [0, 0.1) is 6.92 Å². The van der Waals surface area contributed by atoms with Crippen LogP contribution in [0.3, 0.4) is 0 Å². The summed E-state index contributed by atoms with van der Waals surface area (Å²) in [7, 11) is 1.31. The van der Waals surface area contributed by atoms with Gasteiger partial charge in [-0.15, -0.1) is 11.3 Å². The number of thiazole rings is 1. The largest absolute Gasteiger partial charge is 0.486 e. The molecule has 3 aromatic rings. The number of nitrogens with one attached hydrogen (secondary N) is 1. The Bertz CT molecular complexity index is 1040. The zero-order chi connectivity index (χ0) is 22.2. The number of aryl methyl sites for hydroxylation is 1. The quantitative estimate of drug-likeness (QED) is 0.472. The Balaban J connectivity index is 1.60. The number of hydrogen-bond donors (Lipinski definition) is 1. The predicted octanol–water partition coefficient (Wildman–Crippen LogP) is 4.65. The fourth-order valence-electron chi connectivity index (χ4n) is 2.93. The number of rotatable bonds is 9. The van der Waals surface area contributed by atoms with Crippen LogP contribution in [0.1, 0.15) is 34.3 Å². The van der Waals surface area contributed by atoms with E-state index in [0.717, 1.165) is 16.3 Å². The second-order valence-corrected chi connectivity index (χ2v) is 8.28. The van der Waals surface area contributed by atoms with Crippen molar-refractivity contribution in [2.75, 3.05) is 7.11 Å². The molecule has 1 unspecified atom stereocenters. The molecule has 1 amide bonds. The molecule has 0 saturated carbocycles. The molecule has 0 aliphatic carbocycles. The van der Waals surface area contributed by atoms with Crippen LogP contribution in [0.2, 0.25) is 5.02 Å². The average molecular weight is 459 g/mol. The van der Waals surface area contributed by atoms with Gasteiger partial charge in [-0.2, -0.15) is 0 Å². The fourth-order valence-corrected chi connectivity index (χ4v) is 3.90. The van der Waals surface area contributed by atoms with Crippen molar-refractivity contribution in [3.63, 3.8) is 0 Å². The molecule has 0 radical (unpaired) electrons. The lowest BCUT2D eigenvalue weighted by atomic mass is 10.0. The molecule has 0 bridgehead atoms. The Morgan fingerprint density at radius 3 is 2.61 bits per heavy atom. The molecule has 2 aromatic carbocycles. The number of methoxy groups -OCH3 is 1. The number of amides is 1. The SMILES string of the molecule is COC(=O)CC(NC(=O)Cc1csc(COc2ccc(C)cc2)n1)c1ccccc1Cl. The Morgan fingerprint density at radius 2 is 1.90 bits per heavy atom. The second kappa shape index (κ2) is 10.9. The number of carbonyl (C=O) groups excluding carboxylic acids is 2. The van der Waals surface area contributed by atoms with Crippen LogP contribution in [0.25, 0.3) is 0 Å². The van der Waals surface area contributed by atoms with Crippen molar-refractivity contribution < 1.29 is 19.1 Å².